The van der Waals surface area contributed by atoms with Gasteiger partial charge in [-0.2, -0.15) is 10.2 Å². The van der Waals surface area contributed by atoms with Crippen molar-refractivity contribution in [3.8, 4) is 28.5 Å². The smallest absolute Gasteiger partial charge is 0.346 e. The Morgan fingerprint density at radius 3 is 2.27 bits per heavy atom. The van der Waals surface area contributed by atoms with Crippen LogP contribution in [0, 0.1) is 0 Å². The number of nitrogens with one attached hydrogen (secondary N) is 1. The molecule has 1 amide bonds. The fourth-order valence-electron chi connectivity index (χ4n) is 5.24. The molecule has 1 aliphatic heterocycles. The first kappa shape index (κ1) is 27.0. The minimum absolute atomic E-state index is 0.100. The molecule has 40 heavy (non-hydrogen) atoms. The molecule has 3 heterocycles. The van der Waals surface area contributed by atoms with Gasteiger partial charge in [-0.1, -0.05) is 30.3 Å². The lowest BCUT2D eigenvalue weighted by molar-refractivity contribution is 0.0704. The second kappa shape index (κ2) is 11.7. The highest BCUT2D eigenvalue weighted by atomic mass is 16.5. The van der Waals surface area contributed by atoms with Gasteiger partial charge in [0.2, 0.25) is 5.75 Å². The van der Waals surface area contributed by atoms with E-state index in [9.17, 15) is 9.59 Å². The number of amides is 1. The van der Waals surface area contributed by atoms with Crippen molar-refractivity contribution in [2.45, 2.75) is 38.8 Å². The van der Waals surface area contributed by atoms with Crippen LogP contribution in [-0.4, -0.2) is 69.8 Å². The Morgan fingerprint density at radius 1 is 1.00 bits per heavy atom. The summed E-state index contributed by atoms with van der Waals surface area (Å²) in [6.45, 7) is 4.07. The fourth-order valence-corrected chi connectivity index (χ4v) is 5.24. The Hall–Kier alpha value is -4.54. The maximum atomic E-state index is 13.3. The predicted octanol–water partition coefficient (Wildman–Crippen LogP) is 3.55. The lowest BCUT2D eigenvalue weighted by atomic mass is 9.95. The zero-order valence-corrected chi connectivity index (χ0v) is 23.2. The van der Waals surface area contributed by atoms with Crippen LogP contribution in [0.5, 0.6) is 17.2 Å². The van der Waals surface area contributed by atoms with Crippen molar-refractivity contribution in [3.63, 3.8) is 0 Å². The summed E-state index contributed by atoms with van der Waals surface area (Å²) < 4.78 is 19.6. The van der Waals surface area contributed by atoms with Crippen LogP contribution in [0.2, 0.25) is 0 Å². The number of ether oxygens (including phenoxy) is 3. The normalized spacial score (nSPS) is 13.8. The van der Waals surface area contributed by atoms with E-state index in [0.29, 0.717) is 54.8 Å². The van der Waals surface area contributed by atoms with E-state index in [1.54, 1.807) is 48.8 Å². The topological polar surface area (TPSA) is 116 Å². The zero-order valence-electron chi connectivity index (χ0n) is 23.2. The third kappa shape index (κ3) is 5.18. The van der Waals surface area contributed by atoms with Crippen molar-refractivity contribution in [1.82, 2.24) is 29.4 Å². The summed E-state index contributed by atoms with van der Waals surface area (Å²) in [6.07, 6.45) is 1.45. The van der Waals surface area contributed by atoms with E-state index < -0.39 is 0 Å². The summed E-state index contributed by atoms with van der Waals surface area (Å²) in [4.78, 5) is 28.2. The monoisotopic (exact) mass is 546 g/mol. The van der Waals surface area contributed by atoms with Crippen molar-refractivity contribution in [2.75, 3.05) is 34.4 Å². The first-order valence-electron chi connectivity index (χ1n) is 13.3. The summed E-state index contributed by atoms with van der Waals surface area (Å²) >= 11 is 0. The molecule has 0 radical (unpaired) electrons. The van der Waals surface area contributed by atoms with Gasteiger partial charge in [-0.3, -0.25) is 14.5 Å². The lowest BCUT2D eigenvalue weighted by Crippen LogP contribution is -2.38. The largest absolute Gasteiger partial charge is 0.493 e. The SMILES string of the molecule is CCn1c(C2CCN(C(=O)c3cc(-c4cc(OC)c(OC)c(OC)c4)n[nH]3)CC2)nn(Cc2ccccc2)c1=O. The van der Waals surface area contributed by atoms with Crippen LogP contribution >= 0.6 is 0 Å². The van der Waals surface area contributed by atoms with Crippen LogP contribution in [0.4, 0.5) is 0 Å². The minimum Gasteiger partial charge on any atom is -0.493 e. The molecule has 0 unspecified atom stereocenters. The van der Waals surface area contributed by atoms with Crippen LogP contribution in [0.15, 0.2) is 53.3 Å². The number of aromatic nitrogens is 5. The standard InChI is InChI=1S/C29H34N6O5/c1-5-34-27(32-35(29(34)37)18-19-9-7-6-8-10-19)20-11-13-33(14-12-20)28(36)23-17-22(30-31-23)21-15-24(38-2)26(40-4)25(16-21)39-3/h6-10,15-17,20H,5,11-14,18H2,1-4H3,(H,30,31). The number of carbonyl (C=O) groups is 1. The molecule has 5 rings (SSSR count). The summed E-state index contributed by atoms with van der Waals surface area (Å²) in [7, 11) is 4.65. The molecular formula is C29H34N6O5. The van der Waals surface area contributed by atoms with Crippen molar-refractivity contribution >= 4 is 5.91 Å². The van der Waals surface area contributed by atoms with Crippen molar-refractivity contribution in [3.05, 3.63) is 76.1 Å². The third-order valence-corrected chi connectivity index (χ3v) is 7.36. The molecule has 1 N–H and O–H groups in total. The number of carbonyl (C=O) groups excluding carboxylic acids is 1. The van der Waals surface area contributed by atoms with Gasteiger partial charge in [-0.05, 0) is 43.5 Å². The number of H-pyrrole nitrogens is 1. The van der Waals surface area contributed by atoms with E-state index in [2.05, 4.69) is 10.2 Å². The van der Waals surface area contributed by atoms with Gasteiger partial charge in [0, 0.05) is 31.1 Å². The molecule has 1 fully saturated rings. The van der Waals surface area contributed by atoms with Crippen LogP contribution in [0.1, 0.15) is 47.6 Å². The number of methoxy groups -OCH3 is 3. The molecular weight excluding hydrogens is 512 g/mol. The summed E-state index contributed by atoms with van der Waals surface area (Å²) in [5.74, 6) is 2.28. The maximum absolute atomic E-state index is 13.3. The zero-order chi connectivity index (χ0) is 28.2. The predicted molar refractivity (Wildman–Crippen MR) is 149 cm³/mol. The van der Waals surface area contributed by atoms with E-state index in [-0.39, 0.29) is 17.5 Å². The first-order valence-corrected chi connectivity index (χ1v) is 13.3. The van der Waals surface area contributed by atoms with E-state index in [0.717, 1.165) is 29.8 Å². The van der Waals surface area contributed by atoms with Gasteiger partial charge >= 0.3 is 5.69 Å². The van der Waals surface area contributed by atoms with Gasteiger partial charge in [0.1, 0.15) is 11.5 Å². The van der Waals surface area contributed by atoms with Crippen LogP contribution in [-0.2, 0) is 13.1 Å². The number of aromatic amines is 1. The van der Waals surface area contributed by atoms with E-state index >= 15 is 0 Å². The molecule has 2 aromatic heterocycles. The Bertz CT molecular complexity index is 1510. The number of benzene rings is 2. The maximum Gasteiger partial charge on any atom is 0.346 e. The summed E-state index contributed by atoms with van der Waals surface area (Å²) in [5.41, 5.74) is 2.65. The number of likely N-dealkylation sites (tertiary alicyclic amines) is 1. The molecule has 4 aromatic rings. The highest BCUT2D eigenvalue weighted by Crippen LogP contribution is 2.41. The average molecular weight is 547 g/mol. The Labute approximate surface area is 232 Å². The number of nitrogens with zero attached hydrogens (tertiary/aromatic N) is 5. The van der Waals surface area contributed by atoms with Crippen molar-refractivity contribution in [1.29, 1.82) is 0 Å². The molecule has 11 nitrogen and oxygen atoms in total. The van der Waals surface area contributed by atoms with Gasteiger partial charge in [-0.25, -0.2) is 9.48 Å². The highest BCUT2D eigenvalue weighted by molar-refractivity contribution is 5.93. The summed E-state index contributed by atoms with van der Waals surface area (Å²) in [6, 6.07) is 15.2. The van der Waals surface area contributed by atoms with Crippen LogP contribution in [0.3, 0.4) is 0 Å². The molecule has 1 aliphatic rings. The van der Waals surface area contributed by atoms with Gasteiger partial charge in [-0.15, -0.1) is 0 Å². The molecule has 0 spiro atoms. The Kier molecular flexibility index (Phi) is 7.90. The summed E-state index contributed by atoms with van der Waals surface area (Å²) in [5, 5.41) is 12.0. The Balaban J connectivity index is 1.28. The molecule has 2 aromatic carbocycles. The van der Waals surface area contributed by atoms with Gasteiger partial charge in [0.25, 0.3) is 5.91 Å². The third-order valence-electron chi connectivity index (χ3n) is 7.36. The molecule has 0 aliphatic carbocycles. The van der Waals surface area contributed by atoms with Crippen molar-refractivity contribution < 1.29 is 19.0 Å². The van der Waals surface area contributed by atoms with E-state index in [4.69, 9.17) is 19.3 Å². The second-order valence-corrected chi connectivity index (χ2v) is 9.68. The van der Waals surface area contributed by atoms with E-state index in [1.807, 2.05) is 42.2 Å². The molecule has 210 valence electrons. The molecule has 0 bridgehead atoms. The van der Waals surface area contributed by atoms with Gasteiger partial charge < -0.3 is 19.1 Å². The lowest BCUT2D eigenvalue weighted by Gasteiger charge is -2.31. The van der Waals surface area contributed by atoms with E-state index in [1.165, 1.54) is 0 Å². The number of piperidine rings is 1. The minimum atomic E-state index is -0.118. The molecule has 11 heteroatoms. The molecule has 1 saturated heterocycles. The number of hydrogen-bond acceptors (Lipinski definition) is 7. The molecule has 0 atom stereocenters. The quantitative estimate of drug-likeness (QED) is 0.341. The van der Waals surface area contributed by atoms with Crippen molar-refractivity contribution in [2.24, 2.45) is 0 Å². The second-order valence-electron chi connectivity index (χ2n) is 9.68. The van der Waals surface area contributed by atoms with Crippen LogP contribution < -0.4 is 19.9 Å². The van der Waals surface area contributed by atoms with Gasteiger partial charge in [0.05, 0.1) is 33.6 Å². The first-order chi connectivity index (χ1) is 19.5. The highest BCUT2D eigenvalue weighted by Gasteiger charge is 2.29. The molecule has 0 saturated carbocycles. The average Bonchev–Trinajstić information content (AvgIpc) is 3.61. The fraction of sp³-hybridized carbons (Fsp3) is 0.379. The Morgan fingerprint density at radius 2 is 1.68 bits per heavy atom. The number of rotatable bonds is 9. The van der Waals surface area contributed by atoms with Crippen LogP contribution in [0.25, 0.3) is 11.3 Å². The van der Waals surface area contributed by atoms with Gasteiger partial charge in [0.15, 0.2) is 11.5 Å². The number of hydrogen-bond donors (Lipinski definition) is 1.